The van der Waals surface area contributed by atoms with Crippen molar-refractivity contribution in [1.82, 2.24) is 4.31 Å². The lowest BCUT2D eigenvalue weighted by molar-refractivity contribution is 0.397. The molecular weight excluding hydrogens is 264 g/mol. The first-order chi connectivity index (χ1) is 8.58. The van der Waals surface area contributed by atoms with Crippen molar-refractivity contribution in [3.05, 3.63) is 23.8 Å². The van der Waals surface area contributed by atoms with Crippen molar-refractivity contribution in [2.45, 2.75) is 26.2 Å². The van der Waals surface area contributed by atoms with E-state index >= 15 is 0 Å². The summed E-state index contributed by atoms with van der Waals surface area (Å²) in [5.41, 5.74) is 1.35. The van der Waals surface area contributed by atoms with E-state index in [1.165, 1.54) is 14.1 Å². The molecule has 108 valence electrons. The zero-order valence-electron chi connectivity index (χ0n) is 12.3. The number of nitrogens with zero attached hydrogens (tertiary/aromatic N) is 1. The molecule has 19 heavy (non-hydrogen) atoms. The van der Waals surface area contributed by atoms with Crippen molar-refractivity contribution in [3.63, 3.8) is 0 Å². The Morgan fingerprint density at radius 1 is 1.21 bits per heavy atom. The van der Waals surface area contributed by atoms with Gasteiger partial charge in [-0.15, -0.1) is 0 Å². The molecule has 1 aromatic carbocycles. The smallest absolute Gasteiger partial charge is 0.301 e. The second kappa shape index (κ2) is 5.38. The molecule has 1 N–H and O–H groups in total. The van der Waals surface area contributed by atoms with Gasteiger partial charge in [-0.05, 0) is 23.6 Å². The van der Waals surface area contributed by atoms with Gasteiger partial charge in [-0.3, -0.25) is 4.72 Å². The lowest BCUT2D eigenvalue weighted by atomic mass is 9.86. The van der Waals surface area contributed by atoms with Crippen LogP contribution in [0.5, 0.6) is 5.75 Å². The SMILES string of the molecule is COc1ccc(NS(=O)(=O)N(C)C)cc1C(C)(C)C. The summed E-state index contributed by atoms with van der Waals surface area (Å²) >= 11 is 0. The van der Waals surface area contributed by atoms with Gasteiger partial charge in [-0.1, -0.05) is 20.8 Å². The lowest BCUT2D eigenvalue weighted by Gasteiger charge is -2.23. The Labute approximate surface area is 115 Å². The van der Waals surface area contributed by atoms with E-state index in [0.29, 0.717) is 5.69 Å². The standard InChI is InChI=1S/C13H22N2O3S/c1-13(2,3)11-9-10(7-8-12(11)18-6)14-19(16,17)15(4)5/h7-9,14H,1-6H3. The van der Waals surface area contributed by atoms with Crippen molar-refractivity contribution in [2.75, 3.05) is 25.9 Å². The maximum absolute atomic E-state index is 11.8. The van der Waals surface area contributed by atoms with Crippen LogP contribution in [-0.4, -0.2) is 33.9 Å². The molecule has 0 unspecified atom stereocenters. The van der Waals surface area contributed by atoms with Gasteiger partial charge in [-0.2, -0.15) is 12.7 Å². The van der Waals surface area contributed by atoms with Gasteiger partial charge in [0.25, 0.3) is 0 Å². The van der Waals surface area contributed by atoms with Crippen LogP contribution in [0.15, 0.2) is 18.2 Å². The minimum Gasteiger partial charge on any atom is -0.496 e. The van der Waals surface area contributed by atoms with E-state index in [0.717, 1.165) is 15.6 Å². The van der Waals surface area contributed by atoms with Gasteiger partial charge in [0.15, 0.2) is 0 Å². The molecule has 0 atom stereocenters. The van der Waals surface area contributed by atoms with E-state index in [-0.39, 0.29) is 5.41 Å². The summed E-state index contributed by atoms with van der Waals surface area (Å²) in [4.78, 5) is 0. The molecule has 0 bridgehead atoms. The highest BCUT2D eigenvalue weighted by molar-refractivity contribution is 7.90. The topological polar surface area (TPSA) is 58.6 Å². The van der Waals surface area contributed by atoms with Gasteiger partial charge in [-0.25, -0.2) is 0 Å². The molecule has 0 aliphatic carbocycles. The molecule has 0 spiro atoms. The first-order valence-electron chi connectivity index (χ1n) is 5.96. The van der Waals surface area contributed by atoms with E-state index in [2.05, 4.69) is 25.5 Å². The Hall–Kier alpha value is -1.27. The quantitative estimate of drug-likeness (QED) is 0.923. The minimum atomic E-state index is -3.49. The van der Waals surface area contributed by atoms with Crippen LogP contribution in [-0.2, 0) is 15.6 Å². The fraction of sp³-hybridized carbons (Fsp3) is 0.538. The molecule has 0 saturated heterocycles. The van der Waals surface area contributed by atoms with Gasteiger partial charge in [0.1, 0.15) is 5.75 Å². The molecule has 6 heteroatoms. The summed E-state index contributed by atoms with van der Waals surface area (Å²) in [7, 11) is 1.08. The third-order valence-corrected chi connectivity index (χ3v) is 4.19. The summed E-state index contributed by atoms with van der Waals surface area (Å²) in [6, 6.07) is 5.27. The predicted molar refractivity (Wildman–Crippen MR) is 77.9 cm³/mol. The Morgan fingerprint density at radius 2 is 1.79 bits per heavy atom. The van der Waals surface area contributed by atoms with Crippen molar-refractivity contribution in [3.8, 4) is 5.75 Å². The molecule has 0 aliphatic heterocycles. The summed E-state index contributed by atoms with van der Waals surface area (Å²) in [5.74, 6) is 0.750. The Morgan fingerprint density at radius 3 is 2.21 bits per heavy atom. The molecule has 0 aliphatic rings. The molecule has 0 fully saturated rings. The minimum absolute atomic E-state index is 0.134. The van der Waals surface area contributed by atoms with Crippen LogP contribution in [0.25, 0.3) is 0 Å². The Balaban J connectivity index is 3.20. The number of ether oxygens (including phenoxy) is 1. The van der Waals surface area contributed by atoms with Crippen molar-refractivity contribution in [1.29, 1.82) is 0 Å². The van der Waals surface area contributed by atoms with Crippen LogP contribution >= 0.6 is 0 Å². The zero-order valence-corrected chi connectivity index (χ0v) is 13.1. The van der Waals surface area contributed by atoms with Gasteiger partial charge in [0, 0.05) is 19.7 Å². The average molecular weight is 286 g/mol. The normalized spacial score (nSPS) is 12.6. The molecule has 0 radical (unpaired) electrons. The first kappa shape index (κ1) is 15.8. The number of nitrogens with one attached hydrogen (secondary N) is 1. The zero-order chi connectivity index (χ0) is 14.8. The lowest BCUT2D eigenvalue weighted by Crippen LogP contribution is -2.29. The van der Waals surface area contributed by atoms with Crippen LogP contribution in [0.4, 0.5) is 5.69 Å². The van der Waals surface area contributed by atoms with Crippen LogP contribution in [0.3, 0.4) is 0 Å². The highest BCUT2D eigenvalue weighted by Crippen LogP contribution is 2.33. The van der Waals surface area contributed by atoms with Crippen molar-refractivity contribution < 1.29 is 13.2 Å². The molecule has 0 saturated carbocycles. The van der Waals surface area contributed by atoms with Crippen LogP contribution in [0, 0.1) is 0 Å². The predicted octanol–water partition coefficient (Wildman–Crippen LogP) is 2.21. The van der Waals surface area contributed by atoms with Crippen molar-refractivity contribution >= 4 is 15.9 Å². The summed E-state index contributed by atoms with van der Waals surface area (Å²) in [5, 5.41) is 0. The highest BCUT2D eigenvalue weighted by atomic mass is 32.2. The average Bonchev–Trinajstić information content (AvgIpc) is 2.27. The number of rotatable bonds is 4. The summed E-state index contributed by atoms with van der Waals surface area (Å²) < 4.78 is 32.6. The number of hydrogen-bond donors (Lipinski definition) is 1. The number of hydrogen-bond acceptors (Lipinski definition) is 3. The van der Waals surface area contributed by atoms with Gasteiger partial charge < -0.3 is 4.74 Å². The molecule has 5 nitrogen and oxygen atoms in total. The highest BCUT2D eigenvalue weighted by Gasteiger charge is 2.21. The fourth-order valence-corrected chi connectivity index (χ4v) is 2.21. The largest absolute Gasteiger partial charge is 0.496 e. The van der Waals surface area contributed by atoms with Gasteiger partial charge in [0.05, 0.1) is 12.8 Å². The van der Waals surface area contributed by atoms with E-state index in [9.17, 15) is 8.42 Å². The first-order valence-corrected chi connectivity index (χ1v) is 7.40. The third kappa shape index (κ3) is 3.84. The second-order valence-electron chi connectivity index (χ2n) is 5.55. The molecule has 1 rings (SSSR count). The van der Waals surface area contributed by atoms with E-state index in [4.69, 9.17) is 4.74 Å². The van der Waals surface area contributed by atoms with Crippen LogP contribution in [0.1, 0.15) is 26.3 Å². The monoisotopic (exact) mass is 286 g/mol. The summed E-state index contributed by atoms with van der Waals surface area (Å²) in [6.45, 7) is 6.15. The second-order valence-corrected chi connectivity index (χ2v) is 7.44. The maximum Gasteiger partial charge on any atom is 0.301 e. The molecular formula is C13H22N2O3S. The molecule has 1 aromatic rings. The Kier molecular flexibility index (Phi) is 4.47. The van der Waals surface area contributed by atoms with Gasteiger partial charge >= 0.3 is 10.2 Å². The Bertz CT molecular complexity index is 545. The number of methoxy groups -OCH3 is 1. The molecule has 0 amide bonds. The van der Waals surface area contributed by atoms with Crippen LogP contribution < -0.4 is 9.46 Å². The molecule has 0 heterocycles. The number of anilines is 1. The number of benzene rings is 1. The van der Waals surface area contributed by atoms with E-state index in [1.54, 1.807) is 25.3 Å². The van der Waals surface area contributed by atoms with E-state index < -0.39 is 10.2 Å². The van der Waals surface area contributed by atoms with Crippen molar-refractivity contribution in [2.24, 2.45) is 0 Å². The third-order valence-electron chi connectivity index (χ3n) is 2.74. The summed E-state index contributed by atoms with van der Waals surface area (Å²) in [6.07, 6.45) is 0. The fourth-order valence-electron chi connectivity index (χ4n) is 1.60. The maximum atomic E-state index is 11.8. The van der Waals surface area contributed by atoms with Crippen LogP contribution in [0.2, 0.25) is 0 Å². The molecule has 0 aromatic heterocycles. The van der Waals surface area contributed by atoms with Gasteiger partial charge in [0.2, 0.25) is 0 Å². The van der Waals surface area contributed by atoms with E-state index in [1.807, 2.05) is 0 Å².